The average molecular weight is 261 g/mol. The fourth-order valence-corrected chi connectivity index (χ4v) is 2.58. The Balaban J connectivity index is 2.21. The van der Waals surface area contributed by atoms with Crippen LogP contribution in [-0.4, -0.2) is 16.2 Å². The van der Waals surface area contributed by atoms with Gasteiger partial charge in [0.05, 0.1) is 0 Å². The van der Waals surface area contributed by atoms with Crippen LogP contribution in [0.2, 0.25) is 0 Å². The first kappa shape index (κ1) is 13.2. The molecular formula is C14H19N3S. The Kier molecular flexibility index (Phi) is 4.09. The molecule has 1 N–H and O–H groups in total. The van der Waals surface area contributed by atoms with Crippen LogP contribution in [0.15, 0.2) is 18.2 Å². The number of benzene rings is 1. The molecule has 0 radical (unpaired) electrons. The summed E-state index contributed by atoms with van der Waals surface area (Å²) in [6.07, 6.45) is 0. The normalized spacial score (nSPS) is 11.2. The van der Waals surface area contributed by atoms with E-state index in [2.05, 4.69) is 61.4 Å². The fourth-order valence-electron chi connectivity index (χ4n) is 1.71. The zero-order valence-electron chi connectivity index (χ0n) is 11.3. The van der Waals surface area contributed by atoms with Crippen molar-refractivity contribution in [3.8, 4) is 10.6 Å². The van der Waals surface area contributed by atoms with Crippen LogP contribution in [0.25, 0.3) is 10.6 Å². The molecule has 0 aliphatic carbocycles. The van der Waals surface area contributed by atoms with Gasteiger partial charge in [-0.1, -0.05) is 43.4 Å². The van der Waals surface area contributed by atoms with E-state index in [-0.39, 0.29) is 0 Å². The Labute approximate surface area is 112 Å². The monoisotopic (exact) mass is 261 g/mol. The SMILES string of the molecule is Cc1cccc(-c2nnc(CNC(C)C)s2)c1C. The molecule has 0 spiro atoms. The minimum atomic E-state index is 0.470. The van der Waals surface area contributed by atoms with Gasteiger partial charge >= 0.3 is 0 Å². The van der Waals surface area contributed by atoms with Crippen molar-refractivity contribution in [2.45, 2.75) is 40.3 Å². The molecule has 0 bridgehead atoms. The van der Waals surface area contributed by atoms with Crippen LogP contribution in [0.3, 0.4) is 0 Å². The number of hydrogen-bond acceptors (Lipinski definition) is 4. The Morgan fingerprint density at radius 2 is 2.00 bits per heavy atom. The Hall–Kier alpha value is -1.26. The van der Waals surface area contributed by atoms with Gasteiger partial charge in [-0.3, -0.25) is 0 Å². The maximum atomic E-state index is 4.29. The highest BCUT2D eigenvalue weighted by Crippen LogP contribution is 2.28. The molecule has 1 aromatic heterocycles. The standard InChI is InChI=1S/C14H19N3S/c1-9(2)15-8-13-16-17-14(18-13)12-7-5-6-10(3)11(12)4/h5-7,9,15H,8H2,1-4H3. The summed E-state index contributed by atoms with van der Waals surface area (Å²) in [5.41, 5.74) is 3.78. The second kappa shape index (κ2) is 5.59. The third kappa shape index (κ3) is 2.94. The van der Waals surface area contributed by atoms with Crippen LogP contribution in [0, 0.1) is 13.8 Å². The van der Waals surface area contributed by atoms with Gasteiger partial charge in [-0.25, -0.2) is 0 Å². The lowest BCUT2D eigenvalue weighted by Gasteiger charge is -2.05. The summed E-state index contributed by atoms with van der Waals surface area (Å²) in [6, 6.07) is 6.78. The maximum absolute atomic E-state index is 4.29. The molecule has 0 saturated carbocycles. The van der Waals surface area contributed by atoms with Crippen molar-refractivity contribution in [2.24, 2.45) is 0 Å². The molecule has 1 heterocycles. The predicted molar refractivity (Wildman–Crippen MR) is 76.8 cm³/mol. The van der Waals surface area contributed by atoms with Gasteiger partial charge in [0.25, 0.3) is 0 Å². The number of nitrogens with one attached hydrogen (secondary N) is 1. The lowest BCUT2D eigenvalue weighted by atomic mass is 10.0. The number of aryl methyl sites for hydroxylation is 1. The van der Waals surface area contributed by atoms with Gasteiger partial charge in [-0.05, 0) is 25.0 Å². The average Bonchev–Trinajstić information content (AvgIpc) is 2.78. The summed E-state index contributed by atoms with van der Waals surface area (Å²) in [7, 11) is 0. The summed E-state index contributed by atoms with van der Waals surface area (Å²) in [5.74, 6) is 0. The van der Waals surface area contributed by atoms with Crippen molar-refractivity contribution in [3.63, 3.8) is 0 Å². The van der Waals surface area contributed by atoms with E-state index in [1.165, 1.54) is 16.7 Å². The lowest BCUT2D eigenvalue weighted by molar-refractivity contribution is 0.585. The van der Waals surface area contributed by atoms with Crippen molar-refractivity contribution < 1.29 is 0 Å². The Bertz CT molecular complexity index is 532. The molecule has 0 atom stereocenters. The van der Waals surface area contributed by atoms with E-state index < -0.39 is 0 Å². The Morgan fingerprint density at radius 1 is 1.22 bits per heavy atom. The van der Waals surface area contributed by atoms with Gasteiger partial charge in [0.1, 0.15) is 10.0 Å². The molecule has 0 saturated heterocycles. The van der Waals surface area contributed by atoms with Crippen LogP contribution < -0.4 is 5.32 Å². The number of rotatable bonds is 4. The smallest absolute Gasteiger partial charge is 0.148 e. The molecule has 3 nitrogen and oxygen atoms in total. The van der Waals surface area contributed by atoms with Crippen LogP contribution in [0.4, 0.5) is 0 Å². The molecule has 0 fully saturated rings. The summed E-state index contributed by atoms with van der Waals surface area (Å²) >= 11 is 1.67. The van der Waals surface area contributed by atoms with Crippen molar-refractivity contribution in [1.29, 1.82) is 0 Å². The van der Waals surface area contributed by atoms with E-state index in [1.54, 1.807) is 11.3 Å². The van der Waals surface area contributed by atoms with Gasteiger partial charge in [0, 0.05) is 18.2 Å². The molecule has 2 rings (SSSR count). The first-order valence-electron chi connectivity index (χ1n) is 6.20. The fraction of sp³-hybridized carbons (Fsp3) is 0.429. The van der Waals surface area contributed by atoms with E-state index >= 15 is 0 Å². The summed E-state index contributed by atoms with van der Waals surface area (Å²) in [4.78, 5) is 0. The molecule has 0 aliphatic heterocycles. The third-order valence-electron chi connectivity index (χ3n) is 2.96. The molecule has 0 unspecified atom stereocenters. The molecule has 0 aliphatic rings. The zero-order valence-corrected chi connectivity index (χ0v) is 12.1. The quantitative estimate of drug-likeness (QED) is 0.917. The third-order valence-corrected chi connectivity index (χ3v) is 3.92. The first-order chi connectivity index (χ1) is 8.58. The topological polar surface area (TPSA) is 37.8 Å². The van der Waals surface area contributed by atoms with Crippen molar-refractivity contribution in [3.05, 3.63) is 34.3 Å². The van der Waals surface area contributed by atoms with Crippen LogP contribution >= 0.6 is 11.3 Å². The number of hydrogen-bond donors (Lipinski definition) is 1. The summed E-state index contributed by atoms with van der Waals surface area (Å²) < 4.78 is 0. The van der Waals surface area contributed by atoms with E-state index in [9.17, 15) is 0 Å². The van der Waals surface area contributed by atoms with Crippen LogP contribution in [0.1, 0.15) is 30.0 Å². The largest absolute Gasteiger partial charge is 0.308 e. The van der Waals surface area contributed by atoms with E-state index in [0.29, 0.717) is 6.04 Å². The van der Waals surface area contributed by atoms with E-state index in [4.69, 9.17) is 0 Å². The molecule has 1 aromatic carbocycles. The van der Waals surface area contributed by atoms with Crippen molar-refractivity contribution >= 4 is 11.3 Å². The second-order valence-corrected chi connectivity index (χ2v) is 5.85. The maximum Gasteiger partial charge on any atom is 0.148 e. The van der Waals surface area contributed by atoms with Crippen molar-refractivity contribution in [1.82, 2.24) is 15.5 Å². The predicted octanol–water partition coefficient (Wildman–Crippen LogP) is 3.32. The first-order valence-corrected chi connectivity index (χ1v) is 7.02. The molecule has 4 heteroatoms. The number of aromatic nitrogens is 2. The van der Waals surface area contributed by atoms with Crippen LogP contribution in [-0.2, 0) is 6.54 Å². The zero-order chi connectivity index (χ0) is 13.1. The minimum absolute atomic E-state index is 0.470. The molecule has 96 valence electrons. The number of nitrogens with zero attached hydrogens (tertiary/aromatic N) is 2. The van der Waals surface area contributed by atoms with E-state index in [0.717, 1.165) is 16.6 Å². The van der Waals surface area contributed by atoms with Gasteiger partial charge in [0.15, 0.2) is 0 Å². The molecule has 0 amide bonds. The van der Waals surface area contributed by atoms with Gasteiger partial charge in [0.2, 0.25) is 0 Å². The van der Waals surface area contributed by atoms with Gasteiger partial charge in [-0.15, -0.1) is 10.2 Å². The molecular weight excluding hydrogens is 242 g/mol. The van der Waals surface area contributed by atoms with Crippen LogP contribution in [0.5, 0.6) is 0 Å². The summed E-state index contributed by atoms with van der Waals surface area (Å²) in [5, 5.41) is 13.9. The molecule has 18 heavy (non-hydrogen) atoms. The highest BCUT2D eigenvalue weighted by molar-refractivity contribution is 7.14. The Morgan fingerprint density at radius 3 is 2.72 bits per heavy atom. The minimum Gasteiger partial charge on any atom is -0.308 e. The highest BCUT2D eigenvalue weighted by atomic mass is 32.1. The highest BCUT2D eigenvalue weighted by Gasteiger charge is 2.10. The van der Waals surface area contributed by atoms with Gasteiger partial charge < -0.3 is 5.32 Å². The molecule has 2 aromatic rings. The van der Waals surface area contributed by atoms with Gasteiger partial charge in [-0.2, -0.15) is 0 Å². The lowest BCUT2D eigenvalue weighted by Crippen LogP contribution is -2.21. The summed E-state index contributed by atoms with van der Waals surface area (Å²) in [6.45, 7) is 9.32. The van der Waals surface area contributed by atoms with E-state index in [1.807, 2.05) is 0 Å². The second-order valence-electron chi connectivity index (χ2n) is 4.78. The van der Waals surface area contributed by atoms with Crippen molar-refractivity contribution in [2.75, 3.05) is 0 Å².